The second kappa shape index (κ2) is 6.98. The average molecular weight is 373 g/mol. The van der Waals surface area contributed by atoms with Crippen molar-refractivity contribution >= 4 is 11.0 Å². The zero-order chi connectivity index (χ0) is 18.8. The first-order valence-corrected chi connectivity index (χ1v) is 7.88. The molecule has 0 fully saturated rings. The van der Waals surface area contributed by atoms with E-state index in [1.165, 1.54) is 25.3 Å². The molecule has 0 saturated carbocycles. The summed E-state index contributed by atoms with van der Waals surface area (Å²) < 4.78 is 41.6. The van der Waals surface area contributed by atoms with E-state index in [1.54, 1.807) is 4.68 Å². The monoisotopic (exact) mass is 373 g/mol. The van der Waals surface area contributed by atoms with Crippen LogP contribution in [0.2, 0.25) is 0 Å². The Hall–Kier alpha value is -3.56. The molecule has 0 atom stereocenters. The van der Waals surface area contributed by atoms with E-state index in [2.05, 4.69) is 25.2 Å². The van der Waals surface area contributed by atoms with Crippen molar-refractivity contribution in [3.8, 4) is 23.0 Å². The van der Waals surface area contributed by atoms with E-state index in [1.807, 2.05) is 24.3 Å². The van der Waals surface area contributed by atoms with E-state index in [9.17, 15) is 8.78 Å². The predicted molar refractivity (Wildman–Crippen MR) is 89.5 cm³/mol. The number of para-hydroxylation sites is 1. The largest absolute Gasteiger partial charge is 0.493 e. The summed E-state index contributed by atoms with van der Waals surface area (Å²) in [7, 11) is 1.35. The van der Waals surface area contributed by atoms with Crippen LogP contribution in [0.4, 0.5) is 8.78 Å². The minimum Gasteiger partial charge on any atom is -0.493 e. The molecule has 0 aliphatic rings. The second-order valence-electron chi connectivity index (χ2n) is 5.48. The zero-order valence-electron chi connectivity index (χ0n) is 14.0. The molecule has 0 saturated heterocycles. The number of nitrogens with zero attached hydrogens (tertiary/aromatic N) is 5. The van der Waals surface area contributed by atoms with Gasteiger partial charge in [-0.25, -0.2) is 4.68 Å². The first kappa shape index (κ1) is 16.9. The molecular formula is C17H13F2N5O3. The number of ether oxygens (including phenoxy) is 2. The molecule has 138 valence electrons. The Balaban J connectivity index is 1.59. The molecule has 2 heterocycles. The number of hydrogen-bond acceptors (Lipinski definition) is 7. The van der Waals surface area contributed by atoms with Gasteiger partial charge in [0.15, 0.2) is 11.5 Å². The van der Waals surface area contributed by atoms with Gasteiger partial charge in [0.05, 0.1) is 12.6 Å². The van der Waals surface area contributed by atoms with Gasteiger partial charge in [0, 0.05) is 5.56 Å². The van der Waals surface area contributed by atoms with Gasteiger partial charge in [-0.1, -0.05) is 17.3 Å². The maximum Gasteiger partial charge on any atom is 0.387 e. The highest BCUT2D eigenvalue weighted by Gasteiger charge is 2.16. The van der Waals surface area contributed by atoms with E-state index in [4.69, 9.17) is 9.15 Å². The lowest BCUT2D eigenvalue weighted by molar-refractivity contribution is -0.0512. The Morgan fingerprint density at radius 1 is 1.07 bits per heavy atom. The third-order valence-corrected chi connectivity index (χ3v) is 3.80. The summed E-state index contributed by atoms with van der Waals surface area (Å²) in [6, 6.07) is 11.9. The number of hydrogen-bond donors (Lipinski definition) is 0. The smallest absolute Gasteiger partial charge is 0.387 e. The number of fused-ring (bicyclic) bond motifs is 1. The topological polar surface area (TPSA) is 88.1 Å². The molecule has 10 heteroatoms. The fourth-order valence-electron chi connectivity index (χ4n) is 2.59. The van der Waals surface area contributed by atoms with Crippen molar-refractivity contribution in [2.75, 3.05) is 7.11 Å². The molecule has 0 aliphatic heterocycles. The van der Waals surface area contributed by atoms with Gasteiger partial charge in [-0.2, -0.15) is 8.78 Å². The molecule has 8 nitrogen and oxygen atoms in total. The maximum atomic E-state index is 12.4. The molecule has 2 aromatic carbocycles. The SMILES string of the molecule is COc1cc(-c2nnc(Cn3nnc4ccccc43)o2)ccc1OC(F)F. The molecule has 0 unspecified atom stereocenters. The first-order valence-electron chi connectivity index (χ1n) is 7.88. The summed E-state index contributed by atoms with van der Waals surface area (Å²) in [4.78, 5) is 0. The Kier molecular flexibility index (Phi) is 4.37. The Morgan fingerprint density at radius 3 is 2.74 bits per heavy atom. The van der Waals surface area contributed by atoms with E-state index in [0.717, 1.165) is 11.0 Å². The summed E-state index contributed by atoms with van der Waals surface area (Å²) in [5, 5.41) is 16.1. The molecule has 0 bridgehead atoms. The highest BCUT2D eigenvalue weighted by Crippen LogP contribution is 2.33. The average Bonchev–Trinajstić information content (AvgIpc) is 3.30. The summed E-state index contributed by atoms with van der Waals surface area (Å²) in [6.45, 7) is -2.70. The van der Waals surface area contributed by atoms with Crippen LogP contribution in [-0.4, -0.2) is 38.9 Å². The lowest BCUT2D eigenvalue weighted by Gasteiger charge is -2.10. The summed E-state index contributed by atoms with van der Waals surface area (Å²) in [5.74, 6) is 0.601. The molecule has 0 spiro atoms. The van der Waals surface area contributed by atoms with E-state index >= 15 is 0 Å². The van der Waals surface area contributed by atoms with Crippen molar-refractivity contribution in [1.29, 1.82) is 0 Å². The van der Waals surface area contributed by atoms with Crippen molar-refractivity contribution in [2.24, 2.45) is 0 Å². The number of alkyl halides is 2. The fourth-order valence-corrected chi connectivity index (χ4v) is 2.59. The van der Waals surface area contributed by atoms with Crippen molar-refractivity contribution in [3.63, 3.8) is 0 Å². The highest BCUT2D eigenvalue weighted by molar-refractivity contribution is 5.73. The molecule has 0 amide bonds. The van der Waals surface area contributed by atoms with Gasteiger partial charge in [0.1, 0.15) is 12.1 Å². The predicted octanol–water partition coefficient (Wildman–Crippen LogP) is 3.14. The van der Waals surface area contributed by atoms with Crippen LogP contribution < -0.4 is 9.47 Å². The van der Waals surface area contributed by atoms with Crippen LogP contribution in [0.25, 0.3) is 22.5 Å². The van der Waals surface area contributed by atoms with Crippen molar-refractivity contribution in [1.82, 2.24) is 25.2 Å². The molecule has 0 aliphatic carbocycles. The summed E-state index contributed by atoms with van der Waals surface area (Å²) >= 11 is 0. The molecule has 0 radical (unpaired) electrons. The minimum absolute atomic E-state index is 0.0786. The van der Waals surface area contributed by atoms with Gasteiger partial charge < -0.3 is 13.9 Å². The second-order valence-corrected chi connectivity index (χ2v) is 5.48. The number of methoxy groups -OCH3 is 1. The Morgan fingerprint density at radius 2 is 1.93 bits per heavy atom. The quantitative estimate of drug-likeness (QED) is 0.513. The van der Waals surface area contributed by atoms with Crippen LogP contribution in [0.3, 0.4) is 0 Å². The van der Waals surface area contributed by atoms with Crippen LogP contribution in [0.15, 0.2) is 46.9 Å². The fraction of sp³-hybridized carbons (Fsp3) is 0.176. The molecule has 27 heavy (non-hydrogen) atoms. The first-order chi connectivity index (χ1) is 13.1. The third kappa shape index (κ3) is 3.41. The molecule has 4 aromatic rings. The van der Waals surface area contributed by atoms with Crippen molar-refractivity contribution < 1.29 is 22.7 Å². The molecule has 0 N–H and O–H groups in total. The third-order valence-electron chi connectivity index (χ3n) is 3.80. The van der Waals surface area contributed by atoms with E-state index in [0.29, 0.717) is 11.5 Å². The number of rotatable bonds is 6. The van der Waals surface area contributed by atoms with Crippen LogP contribution >= 0.6 is 0 Å². The van der Waals surface area contributed by atoms with Gasteiger partial charge in [-0.3, -0.25) is 0 Å². The van der Waals surface area contributed by atoms with Crippen LogP contribution in [0.5, 0.6) is 11.5 Å². The number of aromatic nitrogens is 5. The van der Waals surface area contributed by atoms with Gasteiger partial charge >= 0.3 is 6.61 Å². The highest BCUT2D eigenvalue weighted by atomic mass is 19.3. The maximum absolute atomic E-state index is 12.4. The van der Waals surface area contributed by atoms with Crippen molar-refractivity contribution in [2.45, 2.75) is 13.2 Å². The number of halogens is 2. The van der Waals surface area contributed by atoms with Gasteiger partial charge in [0.25, 0.3) is 0 Å². The van der Waals surface area contributed by atoms with E-state index in [-0.39, 0.29) is 23.9 Å². The summed E-state index contributed by atoms with van der Waals surface area (Å²) in [5.41, 5.74) is 2.11. The van der Waals surface area contributed by atoms with Gasteiger partial charge in [0.2, 0.25) is 11.8 Å². The van der Waals surface area contributed by atoms with Gasteiger partial charge in [-0.15, -0.1) is 15.3 Å². The molecule has 2 aromatic heterocycles. The Bertz CT molecular complexity index is 1080. The molecule has 4 rings (SSSR count). The minimum atomic E-state index is -2.95. The Labute approximate surface area is 151 Å². The lowest BCUT2D eigenvalue weighted by atomic mass is 10.2. The normalized spacial score (nSPS) is 11.3. The van der Waals surface area contributed by atoms with Gasteiger partial charge in [-0.05, 0) is 30.3 Å². The van der Waals surface area contributed by atoms with Crippen LogP contribution in [-0.2, 0) is 6.54 Å². The zero-order valence-corrected chi connectivity index (χ0v) is 14.0. The van der Waals surface area contributed by atoms with E-state index < -0.39 is 6.61 Å². The van der Waals surface area contributed by atoms with Crippen LogP contribution in [0.1, 0.15) is 5.89 Å². The number of benzene rings is 2. The standard InChI is InChI=1S/C17H13F2N5O3/c1-25-14-8-10(6-7-13(14)26-17(18)19)16-22-21-15(27-16)9-24-12-5-3-2-4-11(12)20-23-24/h2-8,17H,9H2,1H3. The lowest BCUT2D eigenvalue weighted by Crippen LogP contribution is -2.03. The molecular weight excluding hydrogens is 360 g/mol. The van der Waals surface area contributed by atoms with Crippen LogP contribution in [0, 0.1) is 0 Å². The van der Waals surface area contributed by atoms with Crippen molar-refractivity contribution in [3.05, 3.63) is 48.4 Å². The summed E-state index contributed by atoms with van der Waals surface area (Å²) in [6.07, 6.45) is 0.